The molecule has 2 N–H and O–H groups in total. The highest BCUT2D eigenvalue weighted by Crippen LogP contribution is 2.65. The summed E-state index contributed by atoms with van der Waals surface area (Å²) < 4.78 is 308. The number of rotatable bonds is 10. The zero-order chi connectivity index (χ0) is 34.2. The van der Waals surface area contributed by atoms with Crippen LogP contribution in [0.3, 0.4) is 0 Å². The van der Waals surface area contributed by atoms with Crippen LogP contribution in [0, 0.1) is 0 Å². The fourth-order valence-electron chi connectivity index (χ4n) is 2.56. The molecule has 1 aromatic carbocycles. The molecular weight excluding hydrogens is 671 g/mol. The lowest BCUT2D eigenvalue weighted by Crippen LogP contribution is -2.75. The van der Waals surface area contributed by atoms with Crippen molar-refractivity contribution in [2.24, 2.45) is 0 Å². The molecule has 0 aromatic heterocycles. The smallest absolute Gasteiger partial charge is 0.399 e. The van der Waals surface area contributed by atoms with E-state index >= 15 is 0 Å². The Hall–Kier alpha value is -2.63. The molecule has 0 heterocycles. The summed E-state index contributed by atoms with van der Waals surface area (Å²) in [5, 5.41) is 0. The maximum atomic E-state index is 14.0. The number of hydrogen-bond acceptors (Lipinski definition) is 2. The Bertz CT molecular complexity index is 1100. The highest BCUT2D eigenvalue weighted by molar-refractivity contribution is 5.41. The molecule has 0 bridgehead atoms. The summed E-state index contributed by atoms with van der Waals surface area (Å²) in [6, 6.07) is -0.400. The van der Waals surface area contributed by atoms with Crippen molar-refractivity contribution in [3.63, 3.8) is 0 Å². The van der Waals surface area contributed by atoms with Gasteiger partial charge in [0.15, 0.2) is 0 Å². The Kier molecular flexibility index (Phi) is 8.63. The van der Waals surface area contributed by atoms with Crippen molar-refractivity contribution < 1.29 is 106 Å². The lowest BCUT2D eigenvalue weighted by Gasteiger charge is -2.44. The molecule has 0 saturated carbocycles. The van der Waals surface area contributed by atoms with Crippen molar-refractivity contribution in [3.05, 3.63) is 29.8 Å². The van der Waals surface area contributed by atoms with Crippen LogP contribution in [0.5, 0.6) is 0 Å². The van der Waals surface area contributed by atoms with E-state index in [9.17, 15) is 101 Å². The predicted molar refractivity (Wildman–Crippen MR) is 86.4 cm³/mol. The fraction of sp³-hybridized carbons (Fsp3) is 0.647. The van der Waals surface area contributed by atoms with Gasteiger partial charge in [0.2, 0.25) is 0 Å². The van der Waals surface area contributed by atoms with Crippen molar-refractivity contribution >= 4 is 5.69 Å². The van der Waals surface area contributed by atoms with E-state index < -0.39 is 77.0 Å². The van der Waals surface area contributed by atoms with Gasteiger partial charge in [0, 0.05) is 11.3 Å². The first-order chi connectivity index (χ1) is 18.0. The lowest BCUT2D eigenvalue weighted by atomic mass is 9.87. The first-order valence-electron chi connectivity index (χ1n) is 9.36. The van der Waals surface area contributed by atoms with Gasteiger partial charge in [0.25, 0.3) is 0 Å². The van der Waals surface area contributed by atoms with Crippen molar-refractivity contribution in [1.29, 1.82) is 0 Å². The van der Waals surface area contributed by atoms with Gasteiger partial charge >= 0.3 is 65.8 Å². The maximum absolute atomic E-state index is 14.0. The van der Waals surface area contributed by atoms with Crippen LogP contribution in [0.1, 0.15) is 5.56 Å². The van der Waals surface area contributed by atoms with Crippen LogP contribution in [0.2, 0.25) is 0 Å². The van der Waals surface area contributed by atoms with Gasteiger partial charge < -0.3 is 5.73 Å². The minimum Gasteiger partial charge on any atom is -0.399 e. The molecule has 0 spiro atoms. The number of ether oxygens (including phenoxy) is 1. The van der Waals surface area contributed by atoms with Crippen LogP contribution < -0.4 is 5.73 Å². The van der Waals surface area contributed by atoms with E-state index in [1.54, 1.807) is 0 Å². The van der Waals surface area contributed by atoms with Crippen molar-refractivity contribution in [2.75, 3.05) is 5.73 Å². The molecule has 0 aliphatic carbocycles. The largest absolute Gasteiger partial charge is 0.458 e. The van der Waals surface area contributed by atoms with Crippen LogP contribution in [0.15, 0.2) is 24.3 Å². The molecule has 0 amide bonds. The molecule has 0 aliphatic heterocycles. The standard InChI is InChI=1S/C17H6F23NO/c18-7(19,5-1-3-6(41)4-2-5)8(20,21)9(22,23)10(24,25)11(26,27)12(28,29)13(30,31)17(39,40)42-14(32,15(33,34)35)16(36,37)38/h1-4H,41H2. The highest BCUT2D eigenvalue weighted by atomic mass is 19.4. The average molecular weight is 677 g/mol. The molecule has 0 fully saturated rings. The Morgan fingerprint density at radius 2 is 0.690 bits per heavy atom. The Balaban J connectivity index is 3.80. The van der Waals surface area contributed by atoms with Gasteiger partial charge in [-0.1, -0.05) is 12.1 Å². The van der Waals surface area contributed by atoms with E-state index in [0.29, 0.717) is 0 Å². The van der Waals surface area contributed by atoms with Crippen molar-refractivity contribution in [3.8, 4) is 0 Å². The van der Waals surface area contributed by atoms with E-state index in [4.69, 9.17) is 5.73 Å². The normalized spacial score (nSPS) is 16.2. The summed E-state index contributed by atoms with van der Waals surface area (Å²) in [5.74, 6) is -68.5. The summed E-state index contributed by atoms with van der Waals surface area (Å²) in [6.07, 6.45) is -24.7. The number of hydrogen-bond donors (Lipinski definition) is 1. The number of anilines is 1. The third kappa shape index (κ3) is 4.91. The highest BCUT2D eigenvalue weighted by Gasteiger charge is 2.96. The number of benzene rings is 1. The van der Waals surface area contributed by atoms with Gasteiger partial charge in [0.1, 0.15) is 0 Å². The summed E-state index contributed by atoms with van der Waals surface area (Å²) in [4.78, 5) is 0. The number of halogens is 23. The average Bonchev–Trinajstić information content (AvgIpc) is 2.76. The molecule has 25 heteroatoms. The first-order valence-corrected chi connectivity index (χ1v) is 9.36. The van der Waals surface area contributed by atoms with E-state index in [1.165, 1.54) is 0 Å². The number of alkyl halides is 23. The zero-order valence-electron chi connectivity index (χ0n) is 18.5. The van der Waals surface area contributed by atoms with E-state index in [-0.39, 0.29) is 24.3 Å². The lowest BCUT2D eigenvalue weighted by molar-refractivity contribution is -0.528. The molecular formula is C17H6F23NO. The molecule has 2 nitrogen and oxygen atoms in total. The van der Waals surface area contributed by atoms with Crippen LogP contribution in [-0.2, 0) is 10.7 Å². The second kappa shape index (κ2) is 9.69. The van der Waals surface area contributed by atoms with Crippen molar-refractivity contribution in [2.45, 2.75) is 65.8 Å². The fourth-order valence-corrected chi connectivity index (χ4v) is 2.56. The van der Waals surface area contributed by atoms with Gasteiger partial charge in [0.05, 0.1) is 0 Å². The number of nitrogen functional groups attached to an aromatic ring is 1. The topological polar surface area (TPSA) is 35.2 Å². The Morgan fingerprint density at radius 1 is 0.405 bits per heavy atom. The molecule has 42 heavy (non-hydrogen) atoms. The third-order valence-electron chi connectivity index (χ3n) is 5.00. The molecule has 0 aliphatic rings. The van der Waals surface area contributed by atoms with Gasteiger partial charge in [-0.05, 0) is 12.1 Å². The summed E-state index contributed by atoms with van der Waals surface area (Å²) in [6.45, 7) is 0. The van der Waals surface area contributed by atoms with Gasteiger partial charge in [-0.25, -0.2) is 0 Å². The van der Waals surface area contributed by atoms with Crippen molar-refractivity contribution in [1.82, 2.24) is 0 Å². The van der Waals surface area contributed by atoms with Crippen LogP contribution in [0.4, 0.5) is 107 Å². The van der Waals surface area contributed by atoms with Crippen LogP contribution >= 0.6 is 0 Å². The molecule has 0 radical (unpaired) electrons. The quantitative estimate of drug-likeness (QED) is 0.199. The summed E-state index contributed by atoms with van der Waals surface area (Å²) in [7, 11) is 0. The van der Waals surface area contributed by atoms with Gasteiger partial charge in [-0.15, -0.1) is 0 Å². The molecule has 0 unspecified atom stereocenters. The summed E-state index contributed by atoms with van der Waals surface area (Å²) >= 11 is 0. The first kappa shape index (κ1) is 37.4. The second-order valence-electron chi connectivity index (χ2n) is 7.85. The monoisotopic (exact) mass is 677 g/mol. The van der Waals surface area contributed by atoms with E-state index in [2.05, 4.69) is 0 Å². The molecule has 0 saturated heterocycles. The third-order valence-corrected chi connectivity index (χ3v) is 5.00. The van der Waals surface area contributed by atoms with E-state index in [1.807, 2.05) is 0 Å². The predicted octanol–water partition coefficient (Wildman–Crippen LogP) is 8.57. The maximum Gasteiger partial charge on any atom is 0.458 e. The molecule has 0 atom stereocenters. The Labute approximate surface area is 214 Å². The second-order valence-corrected chi connectivity index (χ2v) is 7.85. The molecule has 246 valence electrons. The van der Waals surface area contributed by atoms with E-state index in [0.717, 1.165) is 4.74 Å². The van der Waals surface area contributed by atoms with Crippen LogP contribution in [0.25, 0.3) is 0 Å². The SMILES string of the molecule is Nc1ccc(C(F)(F)C(F)(F)C(F)(F)C(F)(F)C(F)(F)C(F)(F)C(F)(F)C(F)(F)OC(F)(C(F)(F)F)C(F)(F)F)cc1. The molecule has 1 aromatic rings. The Morgan fingerprint density at radius 3 is 1.00 bits per heavy atom. The molecule has 1 rings (SSSR count). The summed E-state index contributed by atoms with van der Waals surface area (Å²) in [5.41, 5.74) is 1.77. The van der Waals surface area contributed by atoms with Gasteiger partial charge in [-0.3, -0.25) is 4.74 Å². The van der Waals surface area contributed by atoms with Gasteiger partial charge in [-0.2, -0.15) is 101 Å². The van der Waals surface area contributed by atoms with Crippen LogP contribution in [-0.4, -0.2) is 59.9 Å². The minimum absolute atomic E-state index is 0.161. The zero-order valence-corrected chi connectivity index (χ0v) is 18.5. The number of nitrogens with two attached hydrogens (primary N) is 1. The minimum atomic E-state index is -9.24.